The summed E-state index contributed by atoms with van der Waals surface area (Å²) in [6.07, 6.45) is 0.687. The van der Waals surface area contributed by atoms with E-state index in [-0.39, 0.29) is 0 Å². The minimum Gasteiger partial charge on any atom is -0.378 e. The highest BCUT2D eigenvalue weighted by molar-refractivity contribution is 6.35. The van der Waals surface area contributed by atoms with E-state index in [4.69, 9.17) is 27.9 Å². The van der Waals surface area contributed by atoms with Crippen LogP contribution in [-0.2, 0) is 18.2 Å². The molecular weight excluding hydrogens is 367 g/mol. The lowest BCUT2D eigenvalue weighted by Gasteiger charge is -2.29. The maximum Gasteiger partial charge on any atom is 0.0642 e. The van der Waals surface area contributed by atoms with E-state index >= 15 is 0 Å². The molecule has 26 heavy (non-hydrogen) atoms. The van der Waals surface area contributed by atoms with E-state index in [0.29, 0.717) is 16.5 Å². The molecule has 3 nitrogen and oxygen atoms in total. The van der Waals surface area contributed by atoms with E-state index in [9.17, 15) is 0 Å². The Morgan fingerprint density at radius 3 is 2.65 bits per heavy atom. The van der Waals surface area contributed by atoms with Gasteiger partial charge in [-0.05, 0) is 42.3 Å². The first-order valence-electron chi connectivity index (χ1n) is 8.81. The number of aryl methyl sites for hydroxylation is 2. The Kier molecular flexibility index (Phi) is 4.87. The van der Waals surface area contributed by atoms with Gasteiger partial charge in [0.1, 0.15) is 0 Å². The van der Waals surface area contributed by atoms with Crippen LogP contribution in [0.3, 0.4) is 0 Å². The van der Waals surface area contributed by atoms with Gasteiger partial charge < -0.3 is 14.2 Å². The van der Waals surface area contributed by atoms with E-state index in [1.165, 1.54) is 27.8 Å². The third-order valence-electron chi connectivity index (χ3n) is 5.18. The maximum atomic E-state index is 6.36. The number of hydrogen-bond acceptors (Lipinski definition) is 2. The lowest BCUT2D eigenvalue weighted by molar-refractivity contribution is 0.122. The summed E-state index contributed by atoms with van der Waals surface area (Å²) < 4.78 is 7.72. The fourth-order valence-corrected chi connectivity index (χ4v) is 4.15. The maximum absolute atomic E-state index is 6.36. The van der Waals surface area contributed by atoms with Gasteiger partial charge in [0, 0.05) is 54.4 Å². The Morgan fingerprint density at radius 2 is 1.92 bits per heavy atom. The molecule has 1 radical (unpaired) electrons. The summed E-state index contributed by atoms with van der Waals surface area (Å²) in [6, 6.07) is 13.4. The van der Waals surface area contributed by atoms with Crippen LogP contribution in [0.1, 0.15) is 16.8 Å². The van der Waals surface area contributed by atoms with Crippen molar-refractivity contribution in [2.45, 2.75) is 13.3 Å². The van der Waals surface area contributed by atoms with Crippen molar-refractivity contribution in [2.24, 2.45) is 7.05 Å². The van der Waals surface area contributed by atoms with E-state index < -0.39 is 0 Å². The molecule has 3 aromatic rings. The monoisotopic (exact) mass is 387 g/mol. The van der Waals surface area contributed by atoms with Gasteiger partial charge in [-0.15, -0.1) is 0 Å². The quantitative estimate of drug-likeness (QED) is 0.627. The summed E-state index contributed by atoms with van der Waals surface area (Å²) in [4.78, 5) is 2.39. The van der Waals surface area contributed by atoms with Gasteiger partial charge in [-0.3, -0.25) is 0 Å². The van der Waals surface area contributed by atoms with Crippen LogP contribution in [0.2, 0.25) is 10.0 Å². The Labute approximate surface area is 164 Å². The molecule has 1 aromatic heterocycles. The predicted octanol–water partition coefficient (Wildman–Crippen LogP) is 5.02. The first-order valence-corrected chi connectivity index (χ1v) is 9.56. The Balaban J connectivity index is 1.75. The van der Waals surface area contributed by atoms with Crippen molar-refractivity contribution in [2.75, 3.05) is 31.2 Å². The highest BCUT2D eigenvalue weighted by Gasteiger charge is 2.16. The van der Waals surface area contributed by atoms with Crippen LogP contribution in [0, 0.1) is 13.0 Å². The summed E-state index contributed by atoms with van der Waals surface area (Å²) >= 11 is 12.7. The fourth-order valence-electron chi connectivity index (χ4n) is 3.64. The van der Waals surface area contributed by atoms with Crippen molar-refractivity contribution in [3.63, 3.8) is 0 Å². The highest BCUT2D eigenvalue weighted by Crippen LogP contribution is 2.32. The average molecular weight is 388 g/mol. The third kappa shape index (κ3) is 3.20. The minimum atomic E-state index is 0.591. The largest absolute Gasteiger partial charge is 0.378 e. The molecule has 0 amide bonds. The van der Waals surface area contributed by atoms with Crippen LogP contribution in [-0.4, -0.2) is 30.9 Å². The van der Waals surface area contributed by atoms with Crippen LogP contribution < -0.4 is 4.90 Å². The van der Waals surface area contributed by atoms with E-state index in [1.807, 2.05) is 6.07 Å². The highest BCUT2D eigenvalue weighted by atomic mass is 35.5. The first-order chi connectivity index (χ1) is 12.5. The number of hydrogen-bond donors (Lipinski definition) is 0. The molecule has 0 bridgehead atoms. The molecule has 0 spiro atoms. The van der Waals surface area contributed by atoms with Crippen LogP contribution in [0.5, 0.6) is 0 Å². The molecule has 0 saturated carbocycles. The summed E-state index contributed by atoms with van der Waals surface area (Å²) in [5.41, 5.74) is 5.88. The molecule has 2 heterocycles. The Morgan fingerprint density at radius 1 is 1.15 bits per heavy atom. The summed E-state index contributed by atoms with van der Waals surface area (Å²) in [6.45, 7) is 5.63. The minimum absolute atomic E-state index is 0.591. The molecule has 1 saturated heterocycles. The second-order valence-electron chi connectivity index (χ2n) is 6.78. The topological polar surface area (TPSA) is 17.4 Å². The zero-order valence-corrected chi connectivity index (χ0v) is 16.5. The molecule has 2 aromatic carbocycles. The van der Waals surface area contributed by atoms with Gasteiger partial charge in [-0.2, -0.15) is 0 Å². The second-order valence-corrected chi connectivity index (χ2v) is 7.57. The van der Waals surface area contributed by atoms with Gasteiger partial charge in [0.25, 0.3) is 0 Å². The number of anilines is 1. The summed E-state index contributed by atoms with van der Waals surface area (Å²) in [7, 11) is 2.11. The Hall–Kier alpha value is -1.68. The summed E-state index contributed by atoms with van der Waals surface area (Å²) in [5, 5.41) is 2.55. The van der Waals surface area contributed by atoms with Gasteiger partial charge in [0.2, 0.25) is 0 Å². The number of halogens is 2. The second kappa shape index (κ2) is 7.15. The number of nitrogens with zero attached hydrogens (tertiary/aromatic N) is 2. The molecule has 1 fully saturated rings. The molecular formula is C21H21Cl2N2O. The van der Waals surface area contributed by atoms with Gasteiger partial charge in [0.05, 0.1) is 23.8 Å². The van der Waals surface area contributed by atoms with Crippen molar-refractivity contribution in [3.8, 4) is 0 Å². The van der Waals surface area contributed by atoms with Crippen molar-refractivity contribution in [1.29, 1.82) is 0 Å². The van der Waals surface area contributed by atoms with Crippen molar-refractivity contribution >= 4 is 39.8 Å². The normalized spacial score (nSPS) is 15.0. The van der Waals surface area contributed by atoms with Crippen molar-refractivity contribution < 1.29 is 4.74 Å². The standard InChI is InChI=1S/C21H21Cl2N2O/c1-14-10-16(25-6-8-26-9-7-25)13-21-17(14)11-15(24(21)2)12-18-19(22)4-3-5-20(18)23/h3-4,10-11,13H,6-9,12H2,1-2H3. The molecule has 0 unspecified atom stereocenters. The number of fused-ring (bicyclic) bond motifs is 1. The van der Waals surface area contributed by atoms with Crippen LogP contribution >= 0.6 is 23.2 Å². The molecule has 0 aliphatic carbocycles. The Bertz CT molecular complexity index is 938. The number of morpholine rings is 1. The average Bonchev–Trinajstić information content (AvgIpc) is 2.96. The number of benzene rings is 2. The first kappa shape index (κ1) is 17.7. The third-order valence-corrected chi connectivity index (χ3v) is 5.87. The van der Waals surface area contributed by atoms with E-state index in [1.54, 1.807) is 6.07 Å². The van der Waals surface area contributed by atoms with E-state index in [0.717, 1.165) is 31.9 Å². The molecule has 4 rings (SSSR count). The lowest BCUT2D eigenvalue weighted by atomic mass is 10.1. The summed E-state index contributed by atoms with van der Waals surface area (Å²) in [5.74, 6) is 0. The SMILES string of the molecule is Cc1cc(N2CCOCC2)cc2c1cc(Cc1c(Cl)[c]ccc1Cl)n2C. The predicted molar refractivity (Wildman–Crippen MR) is 109 cm³/mol. The molecule has 135 valence electrons. The molecule has 5 heteroatoms. The van der Waals surface area contributed by atoms with Crippen molar-refractivity contribution in [3.05, 3.63) is 63.3 Å². The van der Waals surface area contributed by atoms with Crippen LogP contribution in [0.4, 0.5) is 5.69 Å². The van der Waals surface area contributed by atoms with Gasteiger partial charge in [0.15, 0.2) is 0 Å². The number of ether oxygens (including phenoxy) is 1. The molecule has 0 atom stereocenters. The van der Waals surface area contributed by atoms with Crippen LogP contribution in [0.15, 0.2) is 30.3 Å². The zero-order valence-electron chi connectivity index (χ0n) is 15.0. The molecule has 1 aliphatic rings. The van der Waals surface area contributed by atoms with Crippen LogP contribution in [0.25, 0.3) is 10.9 Å². The fraction of sp³-hybridized carbons (Fsp3) is 0.333. The van der Waals surface area contributed by atoms with Gasteiger partial charge >= 0.3 is 0 Å². The number of rotatable bonds is 3. The smallest absolute Gasteiger partial charge is 0.0642 e. The van der Waals surface area contributed by atoms with Crippen molar-refractivity contribution in [1.82, 2.24) is 4.57 Å². The zero-order chi connectivity index (χ0) is 18.3. The van der Waals surface area contributed by atoms with Gasteiger partial charge in [-0.25, -0.2) is 0 Å². The number of aromatic nitrogens is 1. The van der Waals surface area contributed by atoms with E-state index in [2.05, 4.69) is 47.7 Å². The lowest BCUT2D eigenvalue weighted by Crippen LogP contribution is -2.36. The molecule has 0 N–H and O–H groups in total. The molecule has 1 aliphatic heterocycles. The van der Waals surface area contributed by atoms with Gasteiger partial charge in [-0.1, -0.05) is 29.3 Å².